The fourth-order valence-electron chi connectivity index (χ4n) is 3.86. The zero-order valence-electron chi connectivity index (χ0n) is 19.0. The molecule has 0 spiro atoms. The van der Waals surface area contributed by atoms with Crippen LogP contribution in [-0.2, 0) is 11.3 Å². The molecule has 2 heterocycles. The van der Waals surface area contributed by atoms with Crippen LogP contribution in [0.15, 0.2) is 53.7 Å². The number of carbonyl (C=O) groups is 1. The molecular formula is C24H29N5O3S. The molecule has 8 nitrogen and oxygen atoms in total. The summed E-state index contributed by atoms with van der Waals surface area (Å²) in [7, 11) is 3.15. The van der Waals surface area contributed by atoms with Crippen molar-refractivity contribution in [2.24, 2.45) is 0 Å². The number of rotatable bonds is 9. The summed E-state index contributed by atoms with van der Waals surface area (Å²) in [6, 6.07) is 15.3. The Morgan fingerprint density at radius 2 is 1.70 bits per heavy atom. The molecule has 33 heavy (non-hydrogen) atoms. The van der Waals surface area contributed by atoms with Gasteiger partial charge in [0.2, 0.25) is 5.91 Å². The van der Waals surface area contributed by atoms with Gasteiger partial charge in [-0.1, -0.05) is 36.4 Å². The highest BCUT2D eigenvalue weighted by atomic mass is 32.2. The third kappa shape index (κ3) is 6.06. The molecule has 0 aliphatic carbocycles. The Kier molecular flexibility index (Phi) is 7.85. The zero-order chi connectivity index (χ0) is 23.0. The van der Waals surface area contributed by atoms with Gasteiger partial charge in [0.15, 0.2) is 11.0 Å². The maximum atomic E-state index is 12.7. The number of para-hydroxylation sites is 1. The van der Waals surface area contributed by atoms with E-state index < -0.39 is 0 Å². The lowest BCUT2D eigenvalue weighted by molar-refractivity contribution is -0.113. The second-order valence-electron chi connectivity index (χ2n) is 7.84. The lowest BCUT2D eigenvalue weighted by Crippen LogP contribution is -2.30. The van der Waals surface area contributed by atoms with Gasteiger partial charge in [-0.05, 0) is 38.1 Å². The van der Waals surface area contributed by atoms with Crippen LogP contribution in [0.1, 0.15) is 25.1 Å². The minimum atomic E-state index is -0.143. The number of aromatic nitrogens is 3. The van der Waals surface area contributed by atoms with Crippen molar-refractivity contribution < 1.29 is 14.3 Å². The molecule has 3 aromatic rings. The minimum Gasteiger partial charge on any atom is -0.497 e. The number of amides is 1. The molecule has 1 fully saturated rings. The zero-order valence-corrected chi connectivity index (χ0v) is 19.8. The van der Waals surface area contributed by atoms with Crippen LogP contribution in [0.2, 0.25) is 0 Å². The Balaban J connectivity index is 1.48. The molecular weight excluding hydrogens is 438 g/mol. The topological polar surface area (TPSA) is 81.5 Å². The highest BCUT2D eigenvalue weighted by Crippen LogP contribution is 2.27. The van der Waals surface area contributed by atoms with Gasteiger partial charge in [-0.2, -0.15) is 0 Å². The Morgan fingerprint density at radius 3 is 2.36 bits per heavy atom. The molecule has 1 saturated heterocycles. The normalized spacial score (nSPS) is 14.1. The van der Waals surface area contributed by atoms with Crippen molar-refractivity contribution in [1.29, 1.82) is 0 Å². The summed E-state index contributed by atoms with van der Waals surface area (Å²) in [5.41, 5.74) is 1.61. The first-order chi connectivity index (χ1) is 16.2. The van der Waals surface area contributed by atoms with E-state index in [2.05, 4.69) is 25.0 Å². The van der Waals surface area contributed by atoms with Crippen LogP contribution in [0.4, 0.5) is 5.69 Å². The fraction of sp³-hybridized carbons (Fsp3) is 0.375. The Labute approximate surface area is 198 Å². The van der Waals surface area contributed by atoms with Gasteiger partial charge in [-0.3, -0.25) is 14.3 Å². The van der Waals surface area contributed by atoms with Crippen LogP contribution >= 0.6 is 11.8 Å². The fourth-order valence-corrected chi connectivity index (χ4v) is 4.63. The number of nitrogens with one attached hydrogen (secondary N) is 1. The summed E-state index contributed by atoms with van der Waals surface area (Å²) < 4.78 is 12.6. The largest absolute Gasteiger partial charge is 0.497 e. The van der Waals surface area contributed by atoms with Crippen molar-refractivity contribution in [3.63, 3.8) is 0 Å². The monoisotopic (exact) mass is 467 g/mol. The van der Waals surface area contributed by atoms with Gasteiger partial charge in [-0.25, -0.2) is 0 Å². The quantitative estimate of drug-likeness (QED) is 0.476. The Morgan fingerprint density at radius 1 is 1.00 bits per heavy atom. The van der Waals surface area contributed by atoms with Crippen LogP contribution in [0.5, 0.6) is 11.5 Å². The predicted octanol–water partition coefficient (Wildman–Crippen LogP) is 4.00. The third-order valence-electron chi connectivity index (χ3n) is 5.50. The first-order valence-electron chi connectivity index (χ1n) is 11.0. The van der Waals surface area contributed by atoms with Crippen molar-refractivity contribution in [2.75, 3.05) is 38.4 Å². The summed E-state index contributed by atoms with van der Waals surface area (Å²) in [6.07, 6.45) is 3.73. The summed E-state index contributed by atoms with van der Waals surface area (Å²) in [5, 5.41) is 12.5. The maximum absolute atomic E-state index is 12.7. The van der Waals surface area contributed by atoms with E-state index in [9.17, 15) is 4.79 Å². The van der Waals surface area contributed by atoms with E-state index in [1.54, 1.807) is 32.4 Å². The van der Waals surface area contributed by atoms with E-state index in [-0.39, 0.29) is 11.7 Å². The number of hydrogen-bond acceptors (Lipinski definition) is 7. The number of likely N-dealkylation sites (tertiary alicyclic amines) is 1. The minimum absolute atomic E-state index is 0.143. The predicted molar refractivity (Wildman–Crippen MR) is 129 cm³/mol. The molecule has 0 bridgehead atoms. The molecule has 0 atom stereocenters. The summed E-state index contributed by atoms with van der Waals surface area (Å²) >= 11 is 1.37. The second kappa shape index (κ2) is 11.2. The van der Waals surface area contributed by atoms with E-state index >= 15 is 0 Å². The third-order valence-corrected chi connectivity index (χ3v) is 6.42. The number of nitrogens with zero attached hydrogens (tertiary/aromatic N) is 4. The van der Waals surface area contributed by atoms with Crippen molar-refractivity contribution >= 4 is 23.4 Å². The molecule has 0 saturated carbocycles. The molecule has 4 rings (SSSR count). The lowest BCUT2D eigenvalue weighted by atomic mass is 10.1. The van der Waals surface area contributed by atoms with Crippen LogP contribution in [0, 0.1) is 0 Å². The molecule has 0 unspecified atom stereocenters. The van der Waals surface area contributed by atoms with Gasteiger partial charge in [0.1, 0.15) is 11.5 Å². The smallest absolute Gasteiger partial charge is 0.234 e. The average molecular weight is 468 g/mol. The number of anilines is 1. The maximum Gasteiger partial charge on any atom is 0.234 e. The van der Waals surface area contributed by atoms with Gasteiger partial charge in [-0.15, -0.1) is 10.2 Å². The van der Waals surface area contributed by atoms with Crippen molar-refractivity contribution in [1.82, 2.24) is 19.7 Å². The van der Waals surface area contributed by atoms with Crippen LogP contribution < -0.4 is 14.8 Å². The van der Waals surface area contributed by atoms with E-state index in [0.29, 0.717) is 22.3 Å². The average Bonchev–Trinajstić information content (AvgIpc) is 3.25. The molecule has 1 amide bonds. The summed E-state index contributed by atoms with van der Waals surface area (Å²) in [5.74, 6) is 2.18. The number of hydrogen-bond donors (Lipinski definition) is 1. The van der Waals surface area contributed by atoms with E-state index in [4.69, 9.17) is 9.47 Å². The number of benzene rings is 2. The van der Waals surface area contributed by atoms with E-state index in [1.807, 2.05) is 30.3 Å². The van der Waals surface area contributed by atoms with E-state index in [0.717, 1.165) is 31.1 Å². The molecule has 9 heteroatoms. The van der Waals surface area contributed by atoms with Crippen molar-refractivity contribution in [2.45, 2.75) is 31.0 Å². The Bertz CT molecular complexity index is 1040. The second-order valence-corrected chi connectivity index (χ2v) is 8.79. The number of ether oxygens (including phenoxy) is 2. The Hall–Kier alpha value is -3.04. The summed E-state index contributed by atoms with van der Waals surface area (Å²) in [6.45, 7) is 2.91. The SMILES string of the molecule is COc1cc(NC(=O)CSc2nnc(CN3CCCCC3)n2-c2ccccc2)cc(OC)c1. The lowest BCUT2D eigenvalue weighted by Gasteiger charge is -2.26. The number of carbonyl (C=O) groups excluding carboxylic acids is 1. The van der Waals surface area contributed by atoms with Crippen molar-refractivity contribution in [3.8, 4) is 17.2 Å². The van der Waals surface area contributed by atoms with Crippen LogP contribution in [0.3, 0.4) is 0 Å². The first kappa shape index (κ1) is 23.1. The highest BCUT2D eigenvalue weighted by molar-refractivity contribution is 7.99. The van der Waals surface area contributed by atoms with Gasteiger partial charge < -0.3 is 14.8 Å². The van der Waals surface area contributed by atoms with E-state index in [1.165, 1.54) is 31.0 Å². The molecule has 1 N–H and O–H groups in total. The van der Waals surface area contributed by atoms with Crippen LogP contribution in [0.25, 0.3) is 5.69 Å². The van der Waals surface area contributed by atoms with Gasteiger partial charge >= 0.3 is 0 Å². The molecule has 1 aliphatic heterocycles. The van der Waals surface area contributed by atoms with Gasteiger partial charge in [0.25, 0.3) is 0 Å². The molecule has 174 valence electrons. The van der Waals surface area contributed by atoms with Crippen molar-refractivity contribution in [3.05, 3.63) is 54.4 Å². The number of methoxy groups -OCH3 is 2. The van der Waals surface area contributed by atoms with Crippen LogP contribution in [-0.4, -0.2) is 58.6 Å². The molecule has 2 aromatic carbocycles. The number of thioether (sulfide) groups is 1. The number of piperidine rings is 1. The highest BCUT2D eigenvalue weighted by Gasteiger charge is 2.19. The standard InChI is InChI=1S/C24H29N5O3S/c1-31-20-13-18(14-21(15-20)32-2)25-23(30)17-33-24-27-26-22(16-28-11-7-4-8-12-28)29(24)19-9-5-3-6-10-19/h3,5-6,9-10,13-15H,4,7-8,11-12,16-17H2,1-2H3,(H,25,30). The van der Waals surface area contributed by atoms with Gasteiger partial charge in [0.05, 0.1) is 26.5 Å². The molecule has 0 radical (unpaired) electrons. The molecule has 1 aliphatic rings. The van der Waals surface area contributed by atoms with Gasteiger partial charge in [0, 0.05) is 29.6 Å². The first-order valence-corrected chi connectivity index (χ1v) is 12.0. The molecule has 1 aromatic heterocycles. The summed E-state index contributed by atoms with van der Waals surface area (Å²) in [4.78, 5) is 15.1.